The average molecular weight is 284 g/mol. The summed E-state index contributed by atoms with van der Waals surface area (Å²) >= 11 is 3.25. The van der Waals surface area contributed by atoms with Crippen molar-refractivity contribution in [2.24, 2.45) is 0 Å². The van der Waals surface area contributed by atoms with Crippen LogP contribution in [0.25, 0.3) is 10.9 Å². The molecule has 0 fully saturated rings. The lowest BCUT2D eigenvalue weighted by atomic mass is 10.1. The van der Waals surface area contributed by atoms with Gasteiger partial charge >= 0.3 is 5.97 Å². The fourth-order valence-electron chi connectivity index (χ4n) is 1.38. The highest BCUT2D eigenvalue weighted by molar-refractivity contribution is 9.10. The molecule has 16 heavy (non-hydrogen) atoms. The highest BCUT2D eigenvalue weighted by atomic mass is 79.9. The summed E-state index contributed by atoms with van der Waals surface area (Å²) in [4.78, 5) is 15.4. The van der Waals surface area contributed by atoms with Gasteiger partial charge < -0.3 is 4.74 Å². The normalized spacial score (nSPS) is 10.4. The number of esters is 1. The molecule has 0 saturated carbocycles. The highest BCUT2D eigenvalue weighted by Crippen LogP contribution is 2.27. The van der Waals surface area contributed by atoms with Crippen molar-refractivity contribution in [3.8, 4) is 0 Å². The average Bonchev–Trinajstić information content (AvgIpc) is 2.29. The minimum absolute atomic E-state index is 0.278. The van der Waals surface area contributed by atoms with Gasteiger partial charge in [0.15, 0.2) is 0 Å². The molecule has 1 aromatic heterocycles. The van der Waals surface area contributed by atoms with Crippen molar-refractivity contribution in [1.29, 1.82) is 0 Å². The van der Waals surface area contributed by atoms with Crippen LogP contribution >= 0.6 is 15.9 Å². The van der Waals surface area contributed by atoms with E-state index in [0.717, 1.165) is 0 Å². The van der Waals surface area contributed by atoms with Gasteiger partial charge in [-0.25, -0.2) is 9.18 Å². The number of pyridine rings is 1. The number of ether oxygens (including phenoxy) is 1. The fraction of sp³-hybridized carbons (Fsp3) is 0.0909. The van der Waals surface area contributed by atoms with E-state index in [-0.39, 0.29) is 11.4 Å². The van der Waals surface area contributed by atoms with Crippen LogP contribution in [0.3, 0.4) is 0 Å². The standard InChI is InChI=1S/C11H7BrFNO2/c1-16-11(15)8-5-14-9-3-2-6(13)4-7(9)10(8)12/h2-5H,1H3. The van der Waals surface area contributed by atoms with Crippen LogP contribution in [-0.4, -0.2) is 18.1 Å². The van der Waals surface area contributed by atoms with Crippen molar-refractivity contribution in [3.63, 3.8) is 0 Å². The number of halogens is 2. The molecule has 5 heteroatoms. The lowest BCUT2D eigenvalue weighted by molar-refractivity contribution is 0.0599. The molecule has 0 radical (unpaired) electrons. The maximum atomic E-state index is 13.1. The van der Waals surface area contributed by atoms with Crippen molar-refractivity contribution in [3.05, 3.63) is 40.2 Å². The molecule has 0 atom stereocenters. The second-order valence-electron chi connectivity index (χ2n) is 3.14. The summed E-state index contributed by atoms with van der Waals surface area (Å²) in [6.07, 6.45) is 1.40. The summed E-state index contributed by atoms with van der Waals surface area (Å²) in [5, 5.41) is 0.544. The first kappa shape index (κ1) is 11.0. The largest absolute Gasteiger partial charge is 0.465 e. The monoisotopic (exact) mass is 283 g/mol. The maximum absolute atomic E-state index is 13.1. The number of methoxy groups -OCH3 is 1. The summed E-state index contributed by atoms with van der Waals surface area (Å²) < 4.78 is 18.1. The summed E-state index contributed by atoms with van der Waals surface area (Å²) in [5.74, 6) is -0.887. The lowest BCUT2D eigenvalue weighted by Gasteiger charge is -2.05. The molecule has 0 spiro atoms. The molecule has 0 bridgehead atoms. The molecule has 0 N–H and O–H groups in total. The number of nitrogens with zero attached hydrogens (tertiary/aromatic N) is 1. The van der Waals surface area contributed by atoms with Gasteiger partial charge in [0.25, 0.3) is 0 Å². The molecule has 0 unspecified atom stereocenters. The number of hydrogen-bond donors (Lipinski definition) is 0. The number of benzene rings is 1. The molecule has 0 aliphatic rings. The van der Waals surface area contributed by atoms with E-state index in [0.29, 0.717) is 15.4 Å². The topological polar surface area (TPSA) is 39.2 Å². The van der Waals surface area contributed by atoms with E-state index in [1.54, 1.807) is 6.07 Å². The number of carbonyl (C=O) groups is 1. The van der Waals surface area contributed by atoms with Crippen LogP contribution in [0.2, 0.25) is 0 Å². The number of hydrogen-bond acceptors (Lipinski definition) is 3. The Hall–Kier alpha value is -1.49. The van der Waals surface area contributed by atoms with Crippen molar-refractivity contribution >= 4 is 32.8 Å². The van der Waals surface area contributed by atoms with Gasteiger partial charge in [-0.2, -0.15) is 0 Å². The van der Waals surface area contributed by atoms with Crippen LogP contribution in [0.4, 0.5) is 4.39 Å². The van der Waals surface area contributed by atoms with Gasteiger partial charge in [-0.05, 0) is 34.1 Å². The lowest BCUT2D eigenvalue weighted by Crippen LogP contribution is -2.03. The Kier molecular flexibility index (Phi) is 2.87. The summed E-state index contributed by atoms with van der Waals surface area (Å²) in [6, 6.07) is 4.19. The smallest absolute Gasteiger partial charge is 0.340 e. The molecule has 2 rings (SSSR count). The van der Waals surface area contributed by atoms with Crippen LogP contribution in [0, 0.1) is 5.82 Å². The summed E-state index contributed by atoms with van der Waals surface area (Å²) in [6.45, 7) is 0. The van der Waals surface area contributed by atoms with E-state index in [2.05, 4.69) is 25.7 Å². The molecular weight excluding hydrogens is 277 g/mol. The van der Waals surface area contributed by atoms with Gasteiger partial charge in [0.1, 0.15) is 5.82 Å². The van der Waals surface area contributed by atoms with Crippen LogP contribution in [-0.2, 0) is 4.74 Å². The molecule has 0 amide bonds. The van der Waals surface area contributed by atoms with Crippen LogP contribution in [0.5, 0.6) is 0 Å². The molecule has 1 aromatic carbocycles. The second kappa shape index (κ2) is 4.17. The van der Waals surface area contributed by atoms with Gasteiger partial charge in [0, 0.05) is 16.1 Å². The Morgan fingerprint density at radius 3 is 2.94 bits per heavy atom. The van der Waals surface area contributed by atoms with E-state index in [1.165, 1.54) is 25.4 Å². The van der Waals surface area contributed by atoms with Crippen molar-refractivity contribution in [2.75, 3.05) is 7.11 Å². The number of aromatic nitrogens is 1. The Balaban J connectivity index is 2.72. The second-order valence-corrected chi connectivity index (χ2v) is 3.93. The van der Waals surface area contributed by atoms with Gasteiger partial charge in [-0.15, -0.1) is 0 Å². The highest BCUT2D eigenvalue weighted by Gasteiger charge is 2.14. The van der Waals surface area contributed by atoms with Crippen LogP contribution in [0.15, 0.2) is 28.9 Å². The predicted octanol–water partition coefficient (Wildman–Crippen LogP) is 2.92. The molecule has 3 nitrogen and oxygen atoms in total. The molecule has 0 aliphatic heterocycles. The molecule has 0 aliphatic carbocycles. The van der Waals surface area contributed by atoms with Crippen LogP contribution < -0.4 is 0 Å². The number of rotatable bonds is 1. The number of fused-ring (bicyclic) bond motifs is 1. The van der Waals surface area contributed by atoms with E-state index in [4.69, 9.17) is 0 Å². The van der Waals surface area contributed by atoms with Crippen molar-refractivity contribution in [1.82, 2.24) is 4.98 Å². The fourth-order valence-corrected chi connectivity index (χ4v) is 1.97. The molecule has 2 aromatic rings. The Morgan fingerprint density at radius 1 is 1.50 bits per heavy atom. The SMILES string of the molecule is COC(=O)c1cnc2ccc(F)cc2c1Br. The molecule has 0 saturated heterocycles. The zero-order valence-electron chi connectivity index (χ0n) is 8.33. The molecule has 82 valence electrons. The summed E-state index contributed by atoms with van der Waals surface area (Å²) in [7, 11) is 1.28. The zero-order valence-corrected chi connectivity index (χ0v) is 9.92. The minimum atomic E-state index is -0.509. The third-order valence-corrected chi connectivity index (χ3v) is 3.02. The minimum Gasteiger partial charge on any atom is -0.465 e. The number of carbonyl (C=O) groups excluding carboxylic acids is 1. The molecular formula is C11H7BrFNO2. The van der Waals surface area contributed by atoms with E-state index < -0.39 is 5.97 Å². The first-order valence-corrected chi connectivity index (χ1v) is 5.25. The van der Waals surface area contributed by atoms with Crippen LogP contribution in [0.1, 0.15) is 10.4 Å². The van der Waals surface area contributed by atoms with Crippen molar-refractivity contribution in [2.45, 2.75) is 0 Å². The van der Waals surface area contributed by atoms with Gasteiger partial charge in [-0.1, -0.05) is 0 Å². The Morgan fingerprint density at radius 2 is 2.25 bits per heavy atom. The third kappa shape index (κ3) is 1.78. The Labute approximate surface area is 99.4 Å². The van der Waals surface area contributed by atoms with Crippen molar-refractivity contribution < 1.29 is 13.9 Å². The first-order chi connectivity index (χ1) is 7.63. The maximum Gasteiger partial charge on any atom is 0.340 e. The third-order valence-electron chi connectivity index (χ3n) is 2.17. The van der Waals surface area contributed by atoms with E-state index in [9.17, 15) is 9.18 Å². The predicted molar refractivity (Wildman–Crippen MR) is 60.7 cm³/mol. The zero-order chi connectivity index (χ0) is 11.7. The van der Waals surface area contributed by atoms with Gasteiger partial charge in [0.2, 0.25) is 0 Å². The summed E-state index contributed by atoms with van der Waals surface area (Å²) in [5.41, 5.74) is 0.890. The van der Waals surface area contributed by atoms with Gasteiger partial charge in [0.05, 0.1) is 18.2 Å². The van der Waals surface area contributed by atoms with E-state index in [1.807, 2.05) is 0 Å². The Bertz CT molecular complexity index is 571. The van der Waals surface area contributed by atoms with Gasteiger partial charge in [-0.3, -0.25) is 4.98 Å². The molecule has 1 heterocycles. The quantitative estimate of drug-likeness (QED) is 0.756. The first-order valence-electron chi connectivity index (χ1n) is 4.45. The van der Waals surface area contributed by atoms with E-state index >= 15 is 0 Å².